The van der Waals surface area contributed by atoms with E-state index in [0.29, 0.717) is 17.5 Å². The largest absolute Gasteiger partial charge is 0.392 e. The van der Waals surface area contributed by atoms with Crippen molar-refractivity contribution < 1.29 is 24.2 Å². The first kappa shape index (κ1) is 31.6. The lowest BCUT2D eigenvalue weighted by molar-refractivity contribution is -0.245. The van der Waals surface area contributed by atoms with Crippen LogP contribution in [-0.4, -0.2) is 38.7 Å². The molecular weight excluding hydrogens is 653 g/mol. The Kier molecular flexibility index (Phi) is 8.84. The molecule has 9 heteroatoms. The normalized spacial score (nSPS) is 19.0. The fraction of sp³-hybridized carbons (Fsp3) is 0.175. The van der Waals surface area contributed by atoms with Gasteiger partial charge in [-0.2, -0.15) is 0 Å². The highest BCUT2D eigenvalue weighted by molar-refractivity contribution is 8.01. The Morgan fingerprint density at radius 2 is 1.41 bits per heavy atom. The van der Waals surface area contributed by atoms with Gasteiger partial charge in [0.05, 0.1) is 46.7 Å². The molecular formula is C40H32N2O5S2. The summed E-state index contributed by atoms with van der Waals surface area (Å²) in [6.45, 7) is 0.177. The molecule has 0 spiro atoms. The Bertz CT molecular complexity index is 2080. The van der Waals surface area contributed by atoms with E-state index in [2.05, 4.69) is 6.07 Å². The monoisotopic (exact) mass is 684 g/mol. The molecule has 0 radical (unpaired) electrons. The molecule has 1 aromatic heterocycles. The van der Waals surface area contributed by atoms with Gasteiger partial charge in [-0.3, -0.25) is 14.5 Å². The van der Waals surface area contributed by atoms with Crippen molar-refractivity contribution in [3.05, 3.63) is 155 Å². The van der Waals surface area contributed by atoms with Crippen molar-refractivity contribution in [3.63, 3.8) is 0 Å². The lowest BCUT2D eigenvalue weighted by Crippen LogP contribution is -2.31. The summed E-state index contributed by atoms with van der Waals surface area (Å²) in [4.78, 5) is 32.3. The number of aliphatic hydroxyl groups is 1. The summed E-state index contributed by atoms with van der Waals surface area (Å²) < 4.78 is 15.4. The van der Waals surface area contributed by atoms with E-state index < -0.39 is 6.29 Å². The Balaban J connectivity index is 1.02. The maximum atomic E-state index is 13.1. The van der Waals surface area contributed by atoms with Crippen LogP contribution < -0.4 is 0 Å². The second-order valence-corrected chi connectivity index (χ2v) is 14.4. The molecule has 244 valence electrons. The van der Waals surface area contributed by atoms with E-state index in [1.165, 1.54) is 9.60 Å². The molecule has 3 unspecified atom stereocenters. The minimum Gasteiger partial charge on any atom is -0.392 e. The quantitative estimate of drug-likeness (QED) is 0.121. The predicted octanol–water partition coefficient (Wildman–Crippen LogP) is 8.59. The number of aliphatic hydroxyl groups excluding tert-OH is 1. The SMILES string of the molecule is O=C1c2ccccc2C(=O)N1Cc1ccccc1-c1ccc(C2OC(CSc3nc4ccccc4s3)CC(c3ccc(CO)cc3)O2)cc1. The molecule has 1 N–H and O–H groups in total. The van der Waals surface area contributed by atoms with Crippen LogP contribution in [0.4, 0.5) is 0 Å². The van der Waals surface area contributed by atoms with Crippen LogP contribution in [0.3, 0.4) is 0 Å². The summed E-state index contributed by atoms with van der Waals surface area (Å²) in [6.07, 6.45) is -0.165. The van der Waals surface area contributed by atoms with E-state index in [0.717, 1.165) is 49.0 Å². The molecule has 5 aromatic carbocycles. The minimum atomic E-state index is -0.583. The van der Waals surface area contributed by atoms with Crippen LogP contribution in [0.2, 0.25) is 0 Å². The zero-order chi connectivity index (χ0) is 33.3. The standard InChI is InChI=1S/C40H32N2O5S2/c43-23-25-13-15-27(16-14-25)35-21-30(24-48-40-41-34-11-5-6-12-36(34)49-40)46-39(47-35)28-19-17-26(18-20-28)31-8-2-1-7-29(31)22-42-37(44)32-9-3-4-10-33(32)38(42)45/h1-20,30,35,39,43H,21-24H2. The third-order valence-electron chi connectivity index (χ3n) is 9.00. The van der Waals surface area contributed by atoms with E-state index in [1.807, 2.05) is 91.0 Å². The Hall–Kier alpha value is -4.64. The summed E-state index contributed by atoms with van der Waals surface area (Å²) in [6, 6.07) is 39.0. The number of thioether (sulfide) groups is 1. The van der Waals surface area contributed by atoms with Crippen molar-refractivity contribution in [1.82, 2.24) is 9.88 Å². The second-order valence-electron chi connectivity index (χ2n) is 12.1. The van der Waals surface area contributed by atoms with Crippen molar-refractivity contribution in [2.75, 3.05) is 5.75 Å². The molecule has 7 nitrogen and oxygen atoms in total. The molecule has 0 aliphatic carbocycles. The number of thiazole rings is 1. The number of hydrogen-bond donors (Lipinski definition) is 1. The zero-order valence-electron chi connectivity index (χ0n) is 26.4. The summed E-state index contributed by atoms with van der Waals surface area (Å²) in [5, 5.41) is 9.56. The maximum Gasteiger partial charge on any atom is 0.261 e. The lowest BCUT2D eigenvalue weighted by atomic mass is 9.97. The predicted molar refractivity (Wildman–Crippen MR) is 191 cm³/mol. The molecule has 0 bridgehead atoms. The molecule has 3 atom stereocenters. The fourth-order valence-corrected chi connectivity index (χ4v) is 8.52. The van der Waals surface area contributed by atoms with Crippen molar-refractivity contribution in [2.24, 2.45) is 0 Å². The van der Waals surface area contributed by atoms with E-state index in [9.17, 15) is 14.7 Å². The fourth-order valence-electron chi connectivity index (χ4n) is 6.41. The van der Waals surface area contributed by atoms with Crippen LogP contribution in [0.25, 0.3) is 21.3 Å². The molecule has 1 fully saturated rings. The van der Waals surface area contributed by atoms with Gasteiger partial charge in [-0.25, -0.2) is 4.98 Å². The number of rotatable bonds is 9. The molecule has 2 aliphatic heterocycles. The second kappa shape index (κ2) is 13.7. The maximum absolute atomic E-state index is 13.1. The lowest BCUT2D eigenvalue weighted by Gasteiger charge is -2.36. The number of ether oxygens (including phenoxy) is 2. The molecule has 1 saturated heterocycles. The van der Waals surface area contributed by atoms with Crippen LogP contribution in [-0.2, 0) is 22.6 Å². The summed E-state index contributed by atoms with van der Waals surface area (Å²) in [5.41, 5.74) is 7.49. The van der Waals surface area contributed by atoms with Crippen molar-refractivity contribution in [2.45, 2.75) is 42.4 Å². The number of aromatic nitrogens is 1. The first-order chi connectivity index (χ1) is 24.0. The number of benzene rings is 5. The van der Waals surface area contributed by atoms with Gasteiger partial charge in [-0.1, -0.05) is 109 Å². The topological polar surface area (TPSA) is 89.0 Å². The van der Waals surface area contributed by atoms with Crippen LogP contribution in [0, 0.1) is 0 Å². The first-order valence-electron chi connectivity index (χ1n) is 16.2. The molecule has 2 amide bonds. The number of amides is 2. The van der Waals surface area contributed by atoms with E-state index >= 15 is 0 Å². The average Bonchev–Trinajstić information content (AvgIpc) is 3.68. The van der Waals surface area contributed by atoms with Gasteiger partial charge in [0, 0.05) is 17.7 Å². The molecule has 3 heterocycles. The van der Waals surface area contributed by atoms with Gasteiger partial charge in [0.1, 0.15) is 0 Å². The van der Waals surface area contributed by atoms with Crippen LogP contribution in [0.1, 0.15) is 61.8 Å². The molecule has 0 saturated carbocycles. The summed E-state index contributed by atoms with van der Waals surface area (Å²) in [5.74, 6) is 0.191. The Morgan fingerprint density at radius 3 is 2.12 bits per heavy atom. The number of carbonyl (C=O) groups excluding carboxylic acids is 2. The van der Waals surface area contributed by atoms with Gasteiger partial charge in [0.2, 0.25) is 0 Å². The number of carbonyl (C=O) groups is 2. The summed E-state index contributed by atoms with van der Waals surface area (Å²) >= 11 is 3.40. The van der Waals surface area contributed by atoms with E-state index in [4.69, 9.17) is 14.5 Å². The zero-order valence-corrected chi connectivity index (χ0v) is 28.0. The average molecular weight is 685 g/mol. The van der Waals surface area contributed by atoms with Gasteiger partial charge in [0.15, 0.2) is 10.6 Å². The van der Waals surface area contributed by atoms with Crippen LogP contribution in [0.5, 0.6) is 0 Å². The van der Waals surface area contributed by atoms with Gasteiger partial charge in [0.25, 0.3) is 11.8 Å². The number of imide groups is 1. The highest BCUT2D eigenvalue weighted by Gasteiger charge is 2.36. The molecule has 2 aliphatic rings. The van der Waals surface area contributed by atoms with Crippen LogP contribution in [0.15, 0.2) is 126 Å². The van der Waals surface area contributed by atoms with E-state index in [-0.39, 0.29) is 37.2 Å². The first-order valence-corrected chi connectivity index (χ1v) is 18.0. The minimum absolute atomic E-state index is 0.00720. The molecule has 49 heavy (non-hydrogen) atoms. The molecule has 8 rings (SSSR count). The van der Waals surface area contributed by atoms with E-state index in [1.54, 1.807) is 47.4 Å². The highest BCUT2D eigenvalue weighted by Crippen LogP contribution is 2.41. The number of fused-ring (bicyclic) bond motifs is 2. The third-order valence-corrected chi connectivity index (χ3v) is 11.3. The highest BCUT2D eigenvalue weighted by atomic mass is 32.2. The van der Waals surface area contributed by atoms with Crippen molar-refractivity contribution >= 4 is 45.1 Å². The van der Waals surface area contributed by atoms with Crippen molar-refractivity contribution in [1.29, 1.82) is 0 Å². The third kappa shape index (κ3) is 6.44. The van der Waals surface area contributed by atoms with Crippen molar-refractivity contribution in [3.8, 4) is 11.1 Å². The number of para-hydroxylation sites is 1. The summed E-state index contributed by atoms with van der Waals surface area (Å²) in [7, 11) is 0. The smallest absolute Gasteiger partial charge is 0.261 e. The number of nitrogens with zero attached hydrogens (tertiary/aromatic N) is 2. The van der Waals surface area contributed by atoms with Gasteiger partial charge in [-0.05, 0) is 52.1 Å². The Labute approximate surface area is 292 Å². The van der Waals surface area contributed by atoms with Gasteiger partial charge in [-0.15, -0.1) is 11.3 Å². The Morgan fingerprint density at radius 1 is 0.755 bits per heavy atom. The number of hydrogen-bond acceptors (Lipinski definition) is 8. The molecule has 6 aromatic rings. The van der Waals surface area contributed by atoms with Crippen LogP contribution >= 0.6 is 23.1 Å². The van der Waals surface area contributed by atoms with Gasteiger partial charge >= 0.3 is 0 Å². The van der Waals surface area contributed by atoms with Gasteiger partial charge < -0.3 is 14.6 Å².